The van der Waals surface area contributed by atoms with Gasteiger partial charge in [0.2, 0.25) is 0 Å². The zero-order chi connectivity index (χ0) is 29.2. The van der Waals surface area contributed by atoms with Gasteiger partial charge in [0.15, 0.2) is 0 Å². The van der Waals surface area contributed by atoms with Gasteiger partial charge >= 0.3 is 0 Å². The van der Waals surface area contributed by atoms with Gasteiger partial charge in [0, 0.05) is 0 Å². The molecule has 1 heteroatoms. The summed E-state index contributed by atoms with van der Waals surface area (Å²) in [5.41, 5.74) is 13.0. The predicted octanol–water partition coefficient (Wildman–Crippen LogP) is 11.4. The number of phenolic OH excluding ortho intramolecular Hbond substituents is 1. The molecule has 8 aromatic carbocycles. The van der Waals surface area contributed by atoms with E-state index >= 15 is 0 Å². The summed E-state index contributed by atoms with van der Waals surface area (Å²) >= 11 is 0. The molecule has 0 saturated carbocycles. The highest BCUT2D eigenvalue weighted by Crippen LogP contribution is 2.50. The Labute approximate surface area is 256 Å². The Bertz CT molecular complexity index is 2420. The first-order valence-electron chi connectivity index (χ1n) is 15.2. The van der Waals surface area contributed by atoms with Crippen molar-refractivity contribution in [2.75, 3.05) is 0 Å². The van der Waals surface area contributed by atoms with E-state index in [0.717, 1.165) is 17.2 Å². The van der Waals surface area contributed by atoms with Crippen LogP contribution >= 0.6 is 0 Å². The third-order valence-electron chi connectivity index (χ3n) is 9.41. The van der Waals surface area contributed by atoms with E-state index in [1.807, 2.05) is 12.1 Å². The quantitative estimate of drug-likeness (QED) is 0.228. The number of phenols is 1. The second-order valence-electron chi connectivity index (χ2n) is 11.8. The number of aromatic hydroxyl groups is 1. The Balaban J connectivity index is 1.31. The molecule has 0 aromatic heterocycles. The Morgan fingerprint density at radius 2 is 0.909 bits per heavy atom. The average Bonchev–Trinajstić information content (AvgIpc) is 3.46. The van der Waals surface area contributed by atoms with Crippen LogP contribution in [0, 0.1) is 0 Å². The highest BCUT2D eigenvalue weighted by molar-refractivity contribution is 6.06. The molecule has 0 atom stereocenters. The van der Waals surface area contributed by atoms with Gasteiger partial charge in [-0.05, 0) is 113 Å². The summed E-state index contributed by atoms with van der Waals surface area (Å²) in [4.78, 5) is 0. The second kappa shape index (κ2) is 9.69. The minimum Gasteiger partial charge on any atom is -0.508 e. The summed E-state index contributed by atoms with van der Waals surface area (Å²) in [7, 11) is 0. The van der Waals surface area contributed by atoms with Gasteiger partial charge in [-0.15, -0.1) is 0 Å². The number of hydrogen-bond acceptors (Lipinski definition) is 1. The molecular formula is C43H28O. The molecule has 1 aliphatic rings. The lowest BCUT2D eigenvalue weighted by molar-refractivity contribution is 0.476. The van der Waals surface area contributed by atoms with Crippen molar-refractivity contribution in [2.24, 2.45) is 0 Å². The van der Waals surface area contributed by atoms with Crippen LogP contribution < -0.4 is 0 Å². The molecule has 9 rings (SSSR count). The van der Waals surface area contributed by atoms with Gasteiger partial charge in [0.25, 0.3) is 0 Å². The summed E-state index contributed by atoms with van der Waals surface area (Å²) in [6.45, 7) is 0. The Morgan fingerprint density at radius 3 is 1.70 bits per heavy atom. The van der Waals surface area contributed by atoms with Gasteiger partial charge < -0.3 is 5.11 Å². The Morgan fingerprint density at radius 1 is 0.364 bits per heavy atom. The first-order valence-corrected chi connectivity index (χ1v) is 15.2. The Kier molecular flexibility index (Phi) is 5.48. The van der Waals surface area contributed by atoms with Crippen molar-refractivity contribution in [3.05, 3.63) is 163 Å². The van der Waals surface area contributed by atoms with E-state index in [1.54, 1.807) is 6.07 Å². The molecule has 44 heavy (non-hydrogen) atoms. The van der Waals surface area contributed by atoms with Crippen molar-refractivity contribution < 1.29 is 5.11 Å². The maximum absolute atomic E-state index is 10.1. The topological polar surface area (TPSA) is 20.2 Å². The van der Waals surface area contributed by atoms with Crippen molar-refractivity contribution in [3.8, 4) is 50.3 Å². The lowest BCUT2D eigenvalue weighted by Gasteiger charge is -2.18. The van der Waals surface area contributed by atoms with Crippen LogP contribution in [-0.4, -0.2) is 5.11 Å². The van der Waals surface area contributed by atoms with Crippen LogP contribution in [-0.2, 0) is 6.42 Å². The fraction of sp³-hybridized carbons (Fsp3) is 0.0233. The van der Waals surface area contributed by atoms with E-state index in [0.29, 0.717) is 5.75 Å². The van der Waals surface area contributed by atoms with Crippen molar-refractivity contribution in [2.45, 2.75) is 6.42 Å². The first-order chi connectivity index (χ1) is 21.7. The van der Waals surface area contributed by atoms with Crippen molar-refractivity contribution in [1.82, 2.24) is 0 Å². The molecule has 206 valence electrons. The average molecular weight is 561 g/mol. The molecule has 0 unspecified atom stereocenters. The minimum absolute atomic E-state index is 0.291. The zero-order valence-electron chi connectivity index (χ0n) is 24.1. The number of fused-ring (bicyclic) bond motifs is 6. The van der Waals surface area contributed by atoms with Crippen molar-refractivity contribution in [1.29, 1.82) is 0 Å². The molecule has 1 nitrogen and oxygen atoms in total. The molecule has 0 aliphatic heterocycles. The predicted molar refractivity (Wildman–Crippen MR) is 185 cm³/mol. The molecule has 1 N–H and O–H groups in total. The SMILES string of the molecule is Oc1ccc2cc(-c3ccc4c(c3-c3cccc5ccccc35)Cc3c-4cccc3-c3cccc4ccccc34)ccc2c1. The van der Waals surface area contributed by atoms with Gasteiger partial charge in [-0.25, -0.2) is 0 Å². The molecular weight excluding hydrogens is 532 g/mol. The molecule has 0 amide bonds. The highest BCUT2D eigenvalue weighted by Gasteiger charge is 2.27. The van der Waals surface area contributed by atoms with Crippen LogP contribution in [0.3, 0.4) is 0 Å². The van der Waals surface area contributed by atoms with Crippen LogP contribution in [0.25, 0.3) is 76.8 Å². The third kappa shape index (κ3) is 3.80. The molecule has 1 aliphatic carbocycles. The summed E-state index contributed by atoms with van der Waals surface area (Å²) < 4.78 is 0. The minimum atomic E-state index is 0.291. The summed E-state index contributed by atoms with van der Waals surface area (Å²) in [6, 6.07) is 54.4. The molecule has 0 bridgehead atoms. The standard InChI is InChI=1S/C43H28O/c44-32-21-20-29-24-31(19-18-30(29)25-32)35-22-23-39-38-16-7-15-37(36-14-5-10-27-8-1-3-12-33(27)36)41(38)26-42(39)43(35)40-17-6-11-28-9-2-4-13-34(28)40/h1-25,44H,26H2. The van der Waals surface area contributed by atoms with E-state index in [9.17, 15) is 5.11 Å². The van der Waals surface area contributed by atoms with E-state index in [4.69, 9.17) is 0 Å². The van der Waals surface area contributed by atoms with Crippen LogP contribution in [0.4, 0.5) is 0 Å². The molecule has 0 fully saturated rings. The number of benzene rings is 8. The maximum Gasteiger partial charge on any atom is 0.116 e. The molecule has 8 aromatic rings. The molecule has 0 heterocycles. The normalized spacial score (nSPS) is 12.1. The largest absolute Gasteiger partial charge is 0.508 e. The molecule has 0 spiro atoms. The fourth-order valence-corrected chi connectivity index (χ4v) is 7.40. The van der Waals surface area contributed by atoms with Gasteiger partial charge in [-0.3, -0.25) is 0 Å². The zero-order valence-corrected chi connectivity index (χ0v) is 24.1. The first kappa shape index (κ1) is 24.9. The smallest absolute Gasteiger partial charge is 0.116 e. The molecule has 0 radical (unpaired) electrons. The third-order valence-corrected chi connectivity index (χ3v) is 9.41. The van der Waals surface area contributed by atoms with Crippen LogP contribution in [0.5, 0.6) is 5.75 Å². The summed E-state index contributed by atoms with van der Waals surface area (Å²) in [6.07, 6.45) is 0.873. The van der Waals surface area contributed by atoms with Gasteiger partial charge in [0.1, 0.15) is 5.75 Å². The summed E-state index contributed by atoms with van der Waals surface area (Å²) in [5.74, 6) is 0.291. The van der Waals surface area contributed by atoms with Crippen molar-refractivity contribution >= 4 is 32.3 Å². The van der Waals surface area contributed by atoms with E-state index < -0.39 is 0 Å². The van der Waals surface area contributed by atoms with E-state index in [2.05, 4.69) is 133 Å². The maximum atomic E-state index is 10.1. The lowest BCUT2D eigenvalue weighted by atomic mass is 9.85. The van der Waals surface area contributed by atoms with E-state index in [-0.39, 0.29) is 0 Å². The number of hydrogen-bond donors (Lipinski definition) is 1. The van der Waals surface area contributed by atoms with Gasteiger partial charge in [-0.2, -0.15) is 0 Å². The second-order valence-corrected chi connectivity index (χ2v) is 11.8. The Hall–Kier alpha value is -5.66. The molecule has 0 saturated heterocycles. The van der Waals surface area contributed by atoms with Crippen molar-refractivity contribution in [3.63, 3.8) is 0 Å². The highest BCUT2D eigenvalue weighted by atomic mass is 16.3. The van der Waals surface area contributed by atoms with Crippen LogP contribution in [0.1, 0.15) is 11.1 Å². The van der Waals surface area contributed by atoms with E-state index in [1.165, 1.54) is 77.2 Å². The monoisotopic (exact) mass is 560 g/mol. The fourth-order valence-electron chi connectivity index (χ4n) is 7.40. The number of rotatable bonds is 3. The van der Waals surface area contributed by atoms with Crippen LogP contribution in [0.15, 0.2) is 152 Å². The van der Waals surface area contributed by atoms with Crippen LogP contribution in [0.2, 0.25) is 0 Å². The lowest BCUT2D eigenvalue weighted by Crippen LogP contribution is -1.95. The summed E-state index contributed by atoms with van der Waals surface area (Å²) in [5, 5.41) is 17.3. The van der Waals surface area contributed by atoms with Gasteiger partial charge in [-0.1, -0.05) is 133 Å². The van der Waals surface area contributed by atoms with Gasteiger partial charge in [0.05, 0.1) is 0 Å².